The Balaban J connectivity index is 1.53. The average Bonchev–Trinajstić information content (AvgIpc) is 2.93. The number of nitrogens with two attached hydrogens (primary N) is 1. The number of halogens is 2. The number of carboxylic acid groups (broad SMARTS) is 1. The van der Waals surface area contributed by atoms with E-state index in [4.69, 9.17) is 10.8 Å². The highest BCUT2D eigenvalue weighted by Gasteiger charge is 2.73. The number of hydrogen-bond donors (Lipinski definition) is 4. The fourth-order valence-corrected chi connectivity index (χ4v) is 3.72. The van der Waals surface area contributed by atoms with E-state index in [0.29, 0.717) is 5.56 Å². The summed E-state index contributed by atoms with van der Waals surface area (Å²) in [6.07, 6.45) is -1.40. The molecule has 1 spiro atoms. The first-order chi connectivity index (χ1) is 11.2. The Kier molecular flexibility index (Phi) is 4.04. The third-order valence-electron chi connectivity index (χ3n) is 4.41. The summed E-state index contributed by atoms with van der Waals surface area (Å²) in [4.78, 5) is 26.5. The molecular weight excluding hydrogens is 342 g/mol. The van der Waals surface area contributed by atoms with Gasteiger partial charge in [0.15, 0.2) is 0 Å². The van der Waals surface area contributed by atoms with E-state index in [1.54, 1.807) is 11.4 Å². The van der Waals surface area contributed by atoms with E-state index in [1.165, 1.54) is 11.3 Å². The molecule has 2 heterocycles. The normalized spacial score (nSPS) is 28.1. The van der Waals surface area contributed by atoms with Crippen LogP contribution in [0.5, 0.6) is 0 Å². The molecular formula is C14H16F2N4O3S. The van der Waals surface area contributed by atoms with Crippen molar-refractivity contribution >= 4 is 29.2 Å². The number of rotatable bonds is 4. The first-order valence-corrected chi connectivity index (χ1v) is 8.14. The van der Waals surface area contributed by atoms with Gasteiger partial charge in [-0.15, -0.1) is 11.3 Å². The van der Waals surface area contributed by atoms with E-state index < -0.39 is 23.5 Å². The molecule has 24 heavy (non-hydrogen) atoms. The molecule has 2 fully saturated rings. The number of carbonyl (C=O) groups is 2. The molecule has 1 aromatic heterocycles. The van der Waals surface area contributed by atoms with Gasteiger partial charge >= 0.3 is 6.09 Å². The summed E-state index contributed by atoms with van der Waals surface area (Å²) in [7, 11) is 0. The van der Waals surface area contributed by atoms with Gasteiger partial charge in [0.1, 0.15) is 5.84 Å². The number of carbonyl (C=O) groups excluding carboxylic acids is 1. The molecule has 0 aromatic carbocycles. The van der Waals surface area contributed by atoms with Crippen molar-refractivity contribution in [2.24, 2.45) is 16.1 Å². The predicted molar refractivity (Wildman–Crippen MR) is 83.3 cm³/mol. The van der Waals surface area contributed by atoms with Gasteiger partial charge in [-0.2, -0.15) is 4.99 Å². The molecule has 2 amide bonds. The summed E-state index contributed by atoms with van der Waals surface area (Å²) in [5.41, 5.74) is 4.95. The highest BCUT2D eigenvalue weighted by Crippen LogP contribution is 2.64. The molecule has 0 unspecified atom stereocenters. The lowest BCUT2D eigenvalue weighted by Gasteiger charge is -2.10. The van der Waals surface area contributed by atoms with E-state index >= 15 is 0 Å². The number of hydrogen-bond acceptors (Lipinski definition) is 4. The van der Waals surface area contributed by atoms with Gasteiger partial charge in [0.2, 0.25) is 5.91 Å². The molecule has 2 aliphatic rings. The van der Waals surface area contributed by atoms with E-state index in [1.807, 2.05) is 0 Å². The first-order valence-electron chi connectivity index (χ1n) is 7.26. The smallest absolute Gasteiger partial charge is 0.433 e. The van der Waals surface area contributed by atoms with Gasteiger partial charge in [-0.3, -0.25) is 4.79 Å². The molecule has 2 atom stereocenters. The minimum Gasteiger partial charge on any atom is -0.463 e. The van der Waals surface area contributed by atoms with Crippen molar-refractivity contribution in [3.8, 4) is 0 Å². The molecule has 130 valence electrons. The molecule has 3 rings (SSSR count). The van der Waals surface area contributed by atoms with Gasteiger partial charge in [0, 0.05) is 28.8 Å². The topological polar surface area (TPSA) is 117 Å². The van der Waals surface area contributed by atoms with E-state index in [-0.39, 0.29) is 37.7 Å². The van der Waals surface area contributed by atoms with Crippen molar-refractivity contribution in [2.75, 3.05) is 6.54 Å². The summed E-state index contributed by atoms with van der Waals surface area (Å²) in [6.45, 7) is 0.370. The monoisotopic (exact) mass is 358 g/mol. The highest BCUT2D eigenvalue weighted by atomic mass is 32.1. The predicted octanol–water partition coefficient (Wildman–Crippen LogP) is 1.13. The molecule has 1 aliphatic heterocycles. The summed E-state index contributed by atoms with van der Waals surface area (Å²) >= 11 is 1.29. The van der Waals surface area contributed by atoms with Gasteiger partial charge in [-0.25, -0.2) is 13.6 Å². The number of nitrogens with zero attached hydrogens (tertiary/aromatic N) is 1. The number of amidine groups is 1. The van der Waals surface area contributed by atoms with E-state index in [9.17, 15) is 18.4 Å². The quantitative estimate of drug-likeness (QED) is 0.476. The van der Waals surface area contributed by atoms with Crippen molar-refractivity contribution in [3.05, 3.63) is 21.9 Å². The van der Waals surface area contributed by atoms with Gasteiger partial charge < -0.3 is 21.5 Å². The van der Waals surface area contributed by atoms with Crippen molar-refractivity contribution in [2.45, 2.75) is 31.4 Å². The summed E-state index contributed by atoms with van der Waals surface area (Å²) in [5, 5.41) is 15.7. The average molecular weight is 358 g/mol. The van der Waals surface area contributed by atoms with Crippen LogP contribution in [0.15, 0.2) is 16.4 Å². The molecule has 7 nitrogen and oxygen atoms in total. The number of amides is 2. The number of alkyl halides is 2. The largest absolute Gasteiger partial charge is 0.463 e. The van der Waals surface area contributed by atoms with Crippen LogP contribution < -0.4 is 16.4 Å². The first kappa shape index (κ1) is 16.8. The Hall–Kier alpha value is -2.07. The van der Waals surface area contributed by atoms with Crippen LogP contribution in [0.25, 0.3) is 0 Å². The van der Waals surface area contributed by atoms with Gasteiger partial charge in [-0.05, 0) is 12.5 Å². The van der Waals surface area contributed by atoms with Gasteiger partial charge in [-0.1, -0.05) is 0 Å². The summed E-state index contributed by atoms with van der Waals surface area (Å²) < 4.78 is 26.6. The summed E-state index contributed by atoms with van der Waals surface area (Å²) in [6, 6.07) is 1.02. The number of nitrogens with one attached hydrogen (secondary N) is 2. The maximum atomic E-state index is 13.3. The van der Waals surface area contributed by atoms with Crippen LogP contribution in [0.1, 0.15) is 23.3 Å². The molecule has 1 aromatic rings. The zero-order valence-corrected chi connectivity index (χ0v) is 13.3. The zero-order chi connectivity index (χ0) is 17.5. The van der Waals surface area contributed by atoms with Crippen LogP contribution in [0, 0.1) is 5.41 Å². The molecule has 1 saturated carbocycles. The van der Waals surface area contributed by atoms with E-state index in [0.717, 1.165) is 4.88 Å². The van der Waals surface area contributed by atoms with E-state index in [2.05, 4.69) is 15.6 Å². The Morgan fingerprint density at radius 1 is 1.54 bits per heavy atom. The van der Waals surface area contributed by atoms with Crippen LogP contribution in [0.3, 0.4) is 0 Å². The Labute approximate surface area is 139 Å². The van der Waals surface area contributed by atoms with Crippen LogP contribution in [-0.2, 0) is 11.3 Å². The van der Waals surface area contributed by atoms with Crippen molar-refractivity contribution in [1.82, 2.24) is 10.6 Å². The molecule has 0 bridgehead atoms. The van der Waals surface area contributed by atoms with Crippen molar-refractivity contribution in [1.29, 1.82) is 0 Å². The zero-order valence-electron chi connectivity index (χ0n) is 12.5. The lowest BCUT2D eigenvalue weighted by Crippen LogP contribution is -2.39. The number of thiophene rings is 1. The minimum atomic E-state index is -2.67. The molecule has 1 saturated heterocycles. The molecule has 0 radical (unpaired) electrons. The SMILES string of the molecule is NC(=NC(=O)O)c1csc(CNC(=O)[C@@H]2C[C@]3(CN2)CC3(F)F)c1. The minimum absolute atomic E-state index is 0.119. The maximum absolute atomic E-state index is 13.3. The molecule has 1 aliphatic carbocycles. The van der Waals surface area contributed by atoms with Crippen LogP contribution in [0.2, 0.25) is 0 Å². The second-order valence-corrected chi connectivity index (χ2v) is 7.09. The summed E-state index contributed by atoms with van der Waals surface area (Å²) in [5.74, 6) is -3.11. The Bertz CT molecular complexity index is 721. The number of aliphatic imine (C=N–C) groups is 1. The van der Waals surface area contributed by atoms with Crippen molar-refractivity contribution < 1.29 is 23.5 Å². The third-order valence-corrected chi connectivity index (χ3v) is 5.35. The van der Waals surface area contributed by atoms with Crippen molar-refractivity contribution in [3.63, 3.8) is 0 Å². The second-order valence-electron chi connectivity index (χ2n) is 6.10. The fourth-order valence-electron chi connectivity index (χ4n) is 2.91. The second kappa shape index (κ2) is 5.78. The maximum Gasteiger partial charge on any atom is 0.433 e. The van der Waals surface area contributed by atoms with Crippen LogP contribution >= 0.6 is 11.3 Å². The van der Waals surface area contributed by atoms with Crippen LogP contribution in [-0.4, -0.2) is 41.5 Å². The highest BCUT2D eigenvalue weighted by molar-refractivity contribution is 7.10. The Morgan fingerprint density at radius 2 is 2.25 bits per heavy atom. The third kappa shape index (κ3) is 3.11. The van der Waals surface area contributed by atoms with Gasteiger partial charge in [0.05, 0.1) is 18.0 Å². The molecule has 10 heteroatoms. The standard InChI is InChI=1S/C14H16F2N4O3S/c15-14(16)5-13(14)2-9(19-6-13)11(21)18-3-8-1-7(4-24-8)10(17)20-12(22)23/h1,4,9,19H,2-3,5-6H2,(H2,17,20)(H,18,21)(H,22,23)/t9-,13+/m0/s1. The van der Waals surface area contributed by atoms with Crippen LogP contribution in [0.4, 0.5) is 13.6 Å². The molecule has 5 N–H and O–H groups in total. The fraction of sp³-hybridized carbons (Fsp3) is 0.500. The Morgan fingerprint density at radius 3 is 2.83 bits per heavy atom. The lowest BCUT2D eigenvalue weighted by molar-refractivity contribution is -0.123. The lowest BCUT2D eigenvalue weighted by atomic mass is 10.0. The van der Waals surface area contributed by atoms with Gasteiger partial charge in [0.25, 0.3) is 5.92 Å².